The van der Waals surface area contributed by atoms with Crippen molar-refractivity contribution >= 4 is 46.5 Å². The van der Waals surface area contributed by atoms with Gasteiger partial charge in [-0.05, 0) is 6.92 Å². The standard InChI is InChI=1S/C2H6O.BrH.Na.H/c1-2-3;;;/h3H,2H2,1H3;1H;;. The fourth-order valence-corrected chi connectivity index (χ4v) is 0. The van der Waals surface area contributed by atoms with E-state index in [-0.39, 0.29) is 53.1 Å². The summed E-state index contributed by atoms with van der Waals surface area (Å²) < 4.78 is 0. The van der Waals surface area contributed by atoms with E-state index in [1.165, 1.54) is 0 Å². The molecule has 30 valence electrons. The van der Waals surface area contributed by atoms with Crippen molar-refractivity contribution in [2.24, 2.45) is 0 Å². The Balaban J connectivity index is -0.0000000200. The Morgan fingerprint density at radius 3 is 1.60 bits per heavy atom. The summed E-state index contributed by atoms with van der Waals surface area (Å²) in [7, 11) is 0. The van der Waals surface area contributed by atoms with E-state index < -0.39 is 0 Å². The predicted molar refractivity (Wildman–Crippen MR) is 30.2 cm³/mol. The molecule has 0 unspecified atom stereocenters. The number of aliphatic hydroxyl groups excluding tert-OH is 1. The van der Waals surface area contributed by atoms with Gasteiger partial charge in [0.05, 0.1) is 0 Å². The van der Waals surface area contributed by atoms with E-state index in [9.17, 15) is 0 Å². The number of hydrogen-bond acceptors (Lipinski definition) is 1. The van der Waals surface area contributed by atoms with Gasteiger partial charge in [0.15, 0.2) is 0 Å². The van der Waals surface area contributed by atoms with Crippen LogP contribution in [-0.2, 0) is 0 Å². The molecule has 0 atom stereocenters. The molecule has 0 aromatic carbocycles. The predicted octanol–water partition coefficient (Wildman–Crippen LogP) is -0.0720. The zero-order chi connectivity index (χ0) is 2.71. The monoisotopic (exact) mass is 150 g/mol. The summed E-state index contributed by atoms with van der Waals surface area (Å²) in [4.78, 5) is 0. The molecule has 0 heterocycles. The second-order valence-electron chi connectivity index (χ2n) is 0.316. The number of aliphatic hydroxyl groups is 1. The normalized spacial score (nSPS) is 3.60. The van der Waals surface area contributed by atoms with Gasteiger partial charge in [-0.25, -0.2) is 0 Å². The Hall–Kier alpha value is 1.44. The summed E-state index contributed by atoms with van der Waals surface area (Å²) in [5.41, 5.74) is 0. The first-order valence-electron chi connectivity index (χ1n) is 1.02. The Labute approximate surface area is 64.8 Å². The van der Waals surface area contributed by atoms with Crippen molar-refractivity contribution in [2.45, 2.75) is 6.92 Å². The second-order valence-corrected chi connectivity index (χ2v) is 0.316. The van der Waals surface area contributed by atoms with Crippen LogP contribution in [0.25, 0.3) is 0 Å². The molecule has 1 N–H and O–H groups in total. The summed E-state index contributed by atoms with van der Waals surface area (Å²) in [5.74, 6) is 0. The molecule has 0 aliphatic rings. The van der Waals surface area contributed by atoms with Gasteiger partial charge in [-0.3, -0.25) is 0 Å². The molecule has 0 amide bonds. The average molecular weight is 151 g/mol. The van der Waals surface area contributed by atoms with Crippen LogP contribution in [0.5, 0.6) is 0 Å². The molecule has 0 radical (unpaired) electrons. The zero-order valence-corrected chi connectivity index (χ0v) is 4.28. The first kappa shape index (κ1) is 16.1. The average Bonchev–Trinajstić information content (AvgIpc) is 0.918. The van der Waals surface area contributed by atoms with Crippen LogP contribution in [0.15, 0.2) is 0 Å². The van der Waals surface area contributed by atoms with E-state index in [1.54, 1.807) is 6.92 Å². The molecule has 0 rings (SSSR count). The van der Waals surface area contributed by atoms with E-state index in [4.69, 9.17) is 5.11 Å². The molecular weight excluding hydrogens is 143 g/mol. The van der Waals surface area contributed by atoms with Gasteiger partial charge >= 0.3 is 29.6 Å². The number of rotatable bonds is 0. The van der Waals surface area contributed by atoms with Gasteiger partial charge in [0.25, 0.3) is 0 Å². The van der Waals surface area contributed by atoms with Gasteiger partial charge in [0.1, 0.15) is 0 Å². The first-order chi connectivity index (χ1) is 1.41. The Morgan fingerprint density at radius 2 is 1.60 bits per heavy atom. The third-order valence-corrected chi connectivity index (χ3v) is 0. The van der Waals surface area contributed by atoms with Gasteiger partial charge in [-0.15, -0.1) is 17.0 Å². The molecule has 1 nitrogen and oxygen atoms in total. The molecule has 5 heavy (non-hydrogen) atoms. The number of halogens is 1. The molecule has 0 aromatic rings. The molecule has 3 heteroatoms. The van der Waals surface area contributed by atoms with Gasteiger partial charge in [0, 0.05) is 6.61 Å². The van der Waals surface area contributed by atoms with Crippen LogP contribution in [0.3, 0.4) is 0 Å². The summed E-state index contributed by atoms with van der Waals surface area (Å²) >= 11 is 0. The fraction of sp³-hybridized carbons (Fsp3) is 1.00. The third kappa shape index (κ3) is 31.0. The van der Waals surface area contributed by atoms with Crippen LogP contribution in [0.4, 0.5) is 0 Å². The van der Waals surface area contributed by atoms with Gasteiger partial charge in [0.2, 0.25) is 0 Å². The number of hydrogen-bond donors (Lipinski definition) is 1. The Morgan fingerprint density at radius 1 is 1.60 bits per heavy atom. The molecular formula is C2H8BrNaO. The van der Waals surface area contributed by atoms with E-state index >= 15 is 0 Å². The Kier molecular flexibility index (Phi) is 58.0. The minimum atomic E-state index is 0. The minimum absolute atomic E-state index is 0. The molecule has 0 saturated carbocycles. The van der Waals surface area contributed by atoms with Crippen molar-refractivity contribution in [3.8, 4) is 0 Å². The topological polar surface area (TPSA) is 20.2 Å². The van der Waals surface area contributed by atoms with Crippen molar-refractivity contribution in [2.75, 3.05) is 6.61 Å². The van der Waals surface area contributed by atoms with Crippen LogP contribution < -0.4 is 0 Å². The van der Waals surface area contributed by atoms with Gasteiger partial charge in [-0.1, -0.05) is 0 Å². The van der Waals surface area contributed by atoms with Crippen LogP contribution in [0.2, 0.25) is 0 Å². The molecule has 0 aliphatic heterocycles. The molecule has 0 spiro atoms. The molecule has 0 fully saturated rings. The summed E-state index contributed by atoms with van der Waals surface area (Å²) in [6.07, 6.45) is 0. The fourth-order valence-electron chi connectivity index (χ4n) is 0. The zero-order valence-electron chi connectivity index (χ0n) is 2.56. The van der Waals surface area contributed by atoms with Crippen LogP contribution in [0, 0.1) is 0 Å². The molecule has 0 aliphatic carbocycles. The quantitative estimate of drug-likeness (QED) is 0.480. The van der Waals surface area contributed by atoms with E-state index in [0.717, 1.165) is 0 Å². The van der Waals surface area contributed by atoms with Gasteiger partial charge < -0.3 is 5.11 Å². The Bertz CT molecular complexity index is 9.61. The maximum atomic E-state index is 7.57. The second kappa shape index (κ2) is 18.0. The van der Waals surface area contributed by atoms with E-state index in [1.807, 2.05) is 0 Å². The van der Waals surface area contributed by atoms with Crippen molar-refractivity contribution in [1.82, 2.24) is 0 Å². The molecule has 0 aromatic heterocycles. The van der Waals surface area contributed by atoms with E-state index in [2.05, 4.69) is 0 Å². The van der Waals surface area contributed by atoms with Crippen molar-refractivity contribution in [1.29, 1.82) is 0 Å². The van der Waals surface area contributed by atoms with E-state index in [0.29, 0.717) is 0 Å². The summed E-state index contributed by atoms with van der Waals surface area (Å²) in [6, 6.07) is 0. The molecule has 0 bridgehead atoms. The van der Waals surface area contributed by atoms with Crippen molar-refractivity contribution in [3.63, 3.8) is 0 Å². The van der Waals surface area contributed by atoms with Crippen LogP contribution in [0.1, 0.15) is 6.92 Å². The third-order valence-electron chi connectivity index (χ3n) is 0. The summed E-state index contributed by atoms with van der Waals surface area (Å²) in [5, 5.41) is 7.57. The van der Waals surface area contributed by atoms with Crippen molar-refractivity contribution < 1.29 is 5.11 Å². The maximum absolute atomic E-state index is 7.57. The van der Waals surface area contributed by atoms with Crippen LogP contribution >= 0.6 is 17.0 Å². The SMILES string of the molecule is Br.CCO.[NaH]. The van der Waals surface area contributed by atoms with Crippen molar-refractivity contribution in [3.05, 3.63) is 0 Å². The van der Waals surface area contributed by atoms with Gasteiger partial charge in [-0.2, -0.15) is 0 Å². The summed E-state index contributed by atoms with van der Waals surface area (Å²) in [6.45, 7) is 1.93. The first-order valence-corrected chi connectivity index (χ1v) is 1.02. The van der Waals surface area contributed by atoms with Crippen LogP contribution in [-0.4, -0.2) is 41.3 Å². The molecule has 0 saturated heterocycles.